The summed E-state index contributed by atoms with van der Waals surface area (Å²) >= 11 is 39.2. The molecule has 0 saturated heterocycles. The number of halogens is 8. The number of aromatic hydroxyl groups is 1. The highest BCUT2D eigenvalue weighted by Crippen LogP contribution is 2.35. The van der Waals surface area contributed by atoms with Gasteiger partial charge in [-0.25, -0.2) is 29.9 Å². The molecule has 0 fully saturated rings. The number of phenolic OH excluding ortho intramolecular Hbond substituents is 1. The number of benzene rings is 3. The van der Waals surface area contributed by atoms with E-state index in [2.05, 4.69) is 89.4 Å². The Morgan fingerprint density at radius 2 is 0.915 bits per heavy atom. The fraction of sp³-hybridized carbons (Fsp3) is 0.182. The summed E-state index contributed by atoms with van der Waals surface area (Å²) in [5, 5.41) is 37.6. The summed E-state index contributed by atoms with van der Waals surface area (Å²) in [6.07, 6.45) is 7.05. The Kier molecular flexibility index (Phi) is 35.7. The van der Waals surface area contributed by atoms with Gasteiger partial charge in [-0.2, -0.15) is 0 Å². The number of carboxylic acid groups (broad SMARTS) is 1. The van der Waals surface area contributed by atoms with Crippen molar-refractivity contribution in [1.29, 1.82) is 0 Å². The van der Waals surface area contributed by atoms with Crippen molar-refractivity contribution in [2.24, 2.45) is 0 Å². The van der Waals surface area contributed by atoms with Crippen molar-refractivity contribution in [3.05, 3.63) is 221 Å². The van der Waals surface area contributed by atoms with E-state index in [1.807, 2.05) is 30.3 Å². The summed E-state index contributed by atoms with van der Waals surface area (Å²) in [5.41, 5.74) is 51.2. The minimum Gasteiger partial charge on any atom is -0.508 e. The summed E-state index contributed by atoms with van der Waals surface area (Å²) in [7, 11) is 1.55. The van der Waals surface area contributed by atoms with Crippen LogP contribution in [-0.4, -0.2) is 150 Å². The molecule has 0 amide bonds. The average Bonchev–Trinajstić information content (AvgIpc) is 1.61. The number of hydrogen-bond acceptors (Lipinski definition) is 27. The lowest BCUT2D eigenvalue weighted by molar-refractivity contribution is -0.145. The maximum absolute atomic E-state index is 12.6. The zero-order chi connectivity index (χ0) is 86.8. The van der Waals surface area contributed by atoms with Gasteiger partial charge < -0.3 is 84.1 Å². The van der Waals surface area contributed by atoms with Gasteiger partial charge >= 0.3 is 31.0 Å². The number of pyridine rings is 6. The second-order valence-electron chi connectivity index (χ2n) is 24.3. The molecule has 0 radical (unpaired) electrons. The maximum Gasteiger partial charge on any atom is 0.489 e. The van der Waals surface area contributed by atoms with E-state index >= 15 is 0 Å². The summed E-state index contributed by atoms with van der Waals surface area (Å²) in [4.78, 5) is 92.3. The lowest BCUT2D eigenvalue weighted by Gasteiger charge is -2.10. The van der Waals surface area contributed by atoms with E-state index in [0.717, 1.165) is 26.2 Å². The van der Waals surface area contributed by atoms with Crippen LogP contribution in [0.25, 0.3) is 45.1 Å². The molecule has 0 atom stereocenters. The Morgan fingerprint density at radius 1 is 0.475 bits per heavy atom. The number of imidazole rings is 4. The molecule has 0 aliphatic carbocycles. The number of aliphatic carboxylic acids is 1. The number of hydrogen-bond donors (Lipinski definition) is 11. The Labute approximate surface area is 724 Å². The molecule has 10 heterocycles. The number of ether oxygens (including phenoxy) is 5. The van der Waals surface area contributed by atoms with E-state index in [-0.39, 0.29) is 102 Å². The Morgan fingerprint density at radius 3 is 1.35 bits per heavy atom. The van der Waals surface area contributed by atoms with Crippen LogP contribution in [0, 0.1) is 6.92 Å². The molecule has 618 valence electrons. The number of carbonyl (C=O) groups is 6. The molecule has 0 aliphatic rings. The summed E-state index contributed by atoms with van der Waals surface area (Å²) in [6.45, 7) is 7.70. The molecule has 0 spiro atoms. The first-order valence-corrected chi connectivity index (χ1v) is 39.1. The fourth-order valence-electron chi connectivity index (χ4n) is 10.5. The van der Waals surface area contributed by atoms with Crippen molar-refractivity contribution in [3.8, 4) is 39.8 Å². The van der Waals surface area contributed by atoms with Crippen molar-refractivity contribution in [3.63, 3.8) is 0 Å². The minimum absolute atomic E-state index is 0.0722. The average molecular weight is 1910 g/mol. The molecule has 3 aromatic carbocycles. The van der Waals surface area contributed by atoms with Gasteiger partial charge in [-0.05, 0) is 177 Å². The standard InChI is InChI=1S/C21H17Cl2N5O2.C16H14ClN3O3.C11H12BrN3O2.C11H11BrN3O2.C7H8BClO3.C6H9ClO3.C5H6BrN3/c22-16-9-13(29)2-3-15(16)18-5-4-17(24)21-26-12(10-28(18)21)8-14(30)7-11-1-6-19(23)27-20(11)25;1-23-10-2-3-11(12(17)7-10)14-5-4-13(18)16-19-9(6-15(21)22)8-20(14)16;2*1-2-17-10(16)5-7-6-15-9(12)4-3-8(13)11(15)14-7;1-12-5-2-3-6(8(10)11)7(9)4-5;1-2-10-6(9)3-5(8)4-7;6-4-2-1-3(7)5(8)9-4/h1-6,9-10,29H,7-8,24H2,(H2,25,27);2-5,7-8H,6,18H2,1H3,(H,21,22);3-4,6H,2,5,13H2,1H3;3-4,6H,1-2,5,13H2;2-4,10-11H,1H3;2-4H2,1H3;1-2H,7H2,(H2,8,9)/q;;;+1;;;. The van der Waals surface area contributed by atoms with Crippen LogP contribution in [0.3, 0.4) is 0 Å². The number of alkyl halides is 1. The molecular formula is C77H77BBr3Cl5N17O15+. The largest absolute Gasteiger partial charge is 0.508 e. The van der Waals surface area contributed by atoms with Gasteiger partial charge in [0.15, 0.2) is 28.4 Å². The highest BCUT2D eigenvalue weighted by molar-refractivity contribution is 9.11. The zero-order valence-electron chi connectivity index (χ0n) is 63.1. The van der Waals surface area contributed by atoms with Gasteiger partial charge in [-0.15, -0.1) is 11.6 Å². The number of Topliss-reactive ketones (excluding diaryl/α,β-unsaturated/α-hetero) is 2. The minimum atomic E-state index is -1.54. The van der Waals surface area contributed by atoms with Crippen LogP contribution in [-0.2, 0) is 75.1 Å². The second-order valence-corrected chi connectivity index (χ2v) is 28.6. The summed E-state index contributed by atoms with van der Waals surface area (Å²) in [5.74, 6) is -0.678. The van der Waals surface area contributed by atoms with Gasteiger partial charge in [-0.1, -0.05) is 58.5 Å². The van der Waals surface area contributed by atoms with Crippen molar-refractivity contribution in [2.75, 3.05) is 80.1 Å². The lowest BCUT2D eigenvalue weighted by atomic mass is 9.80. The highest BCUT2D eigenvalue weighted by Gasteiger charge is 2.21. The number of esters is 3. The van der Waals surface area contributed by atoms with Gasteiger partial charge in [0.2, 0.25) is 6.61 Å². The number of carbonyl (C=O) groups excluding carboxylic acids is 5. The van der Waals surface area contributed by atoms with Crippen LogP contribution in [0.1, 0.15) is 48.6 Å². The van der Waals surface area contributed by atoms with Crippen molar-refractivity contribution >= 4 is 216 Å². The van der Waals surface area contributed by atoms with Crippen molar-refractivity contribution < 1.29 is 72.7 Å². The zero-order valence-corrected chi connectivity index (χ0v) is 71.6. The number of methoxy groups -OCH3 is 2. The molecular weight excluding hydrogens is 1830 g/mol. The predicted octanol–water partition coefficient (Wildman–Crippen LogP) is 12.0. The molecule has 41 heteroatoms. The first-order chi connectivity index (χ1) is 56.1. The number of anilines is 7. The van der Waals surface area contributed by atoms with Crippen LogP contribution in [0.4, 0.5) is 40.1 Å². The van der Waals surface area contributed by atoms with E-state index in [9.17, 15) is 33.9 Å². The van der Waals surface area contributed by atoms with E-state index in [0.29, 0.717) is 130 Å². The van der Waals surface area contributed by atoms with Gasteiger partial charge in [0.05, 0.1) is 141 Å². The van der Waals surface area contributed by atoms with Gasteiger partial charge in [0, 0.05) is 58.4 Å². The van der Waals surface area contributed by atoms with E-state index in [4.69, 9.17) is 132 Å². The SMILES string of the molecule is CCOC(=O)CC(=O)CCl.CCOC(=O)Cc1cn2c(Br)ccc(N)c2n1.COc1ccc(-c2ccc(N)c3nc(CC(=O)O)cn23)c(Cl)c1.COc1ccc(B(O)O)c(Cl)c1.Nc1ccc(Br)nc1N.Nc1nc(Cl)ccc1CC(=O)Cc1cn2c(-c3ccc(O)cc3Cl)ccc(N)c2n1.[CH2+]COC(=O)Cc1cn2c(Br)ccc(N)c2n1. The van der Waals surface area contributed by atoms with Crippen LogP contribution >= 0.6 is 106 Å². The predicted molar refractivity (Wildman–Crippen MR) is 466 cm³/mol. The monoisotopic (exact) mass is 1900 g/mol. The number of phenols is 1. The van der Waals surface area contributed by atoms with E-state index in [1.165, 1.54) is 25.3 Å². The molecule has 0 aliphatic heterocycles. The van der Waals surface area contributed by atoms with E-state index < -0.39 is 19.1 Å². The fourth-order valence-corrected chi connectivity index (χ4v) is 12.7. The maximum atomic E-state index is 12.6. The highest BCUT2D eigenvalue weighted by atomic mass is 79.9. The Hall–Kier alpha value is -11.3. The van der Waals surface area contributed by atoms with Crippen LogP contribution in [0.2, 0.25) is 20.2 Å². The lowest BCUT2D eigenvalue weighted by Crippen LogP contribution is -2.30. The topological polar surface area (TPSA) is 507 Å². The second kappa shape index (κ2) is 44.9. The number of rotatable bonds is 21. The number of aromatic nitrogens is 10. The van der Waals surface area contributed by atoms with Crippen molar-refractivity contribution in [1.82, 2.24) is 47.5 Å². The van der Waals surface area contributed by atoms with Crippen LogP contribution in [0.15, 0.2) is 166 Å². The first-order valence-electron chi connectivity index (χ1n) is 34.6. The molecule has 13 rings (SSSR count). The van der Waals surface area contributed by atoms with Gasteiger partial charge in [0.25, 0.3) is 0 Å². The number of nitrogens with zero attached hydrogens (tertiary/aromatic N) is 10. The number of ketones is 2. The quantitative estimate of drug-likeness (QED) is 0.00605. The van der Waals surface area contributed by atoms with Gasteiger partial charge in [-0.3, -0.25) is 46.4 Å². The number of nitrogens with two attached hydrogens (primary N) is 7. The summed E-state index contributed by atoms with van der Waals surface area (Å²) in [6, 6.07) is 35.7. The molecule has 10 aromatic heterocycles. The molecule has 118 heavy (non-hydrogen) atoms. The Balaban J connectivity index is 0.000000197. The Bertz CT molecular complexity index is 5580. The number of fused-ring (bicyclic) bond motifs is 4. The van der Waals surface area contributed by atoms with Gasteiger partial charge in [0.1, 0.15) is 57.8 Å². The van der Waals surface area contributed by atoms with Crippen LogP contribution in [0.5, 0.6) is 17.2 Å². The number of carboxylic acids is 1. The molecule has 18 N–H and O–H groups in total. The third-order valence-electron chi connectivity index (χ3n) is 15.9. The molecule has 0 saturated carbocycles. The molecule has 13 aromatic rings. The summed E-state index contributed by atoms with van der Waals surface area (Å²) < 4.78 is 33.6. The molecule has 32 nitrogen and oxygen atoms in total. The van der Waals surface area contributed by atoms with E-state index in [1.54, 1.807) is 142 Å². The third-order valence-corrected chi connectivity index (χ3v) is 19.1. The number of nitrogen functional groups attached to an aromatic ring is 7. The van der Waals surface area contributed by atoms with Crippen LogP contribution < -0.4 is 55.1 Å². The normalized spacial score (nSPS) is 10.5. The van der Waals surface area contributed by atoms with Crippen molar-refractivity contribution in [2.45, 2.75) is 52.4 Å². The third kappa shape index (κ3) is 26.9. The first kappa shape index (κ1) is 93.8. The molecule has 0 unspecified atom stereocenters. The molecule has 0 bridgehead atoms. The smallest absolute Gasteiger partial charge is 0.489 e.